The van der Waals surface area contributed by atoms with Crippen molar-refractivity contribution in [3.63, 3.8) is 0 Å². The van der Waals surface area contributed by atoms with E-state index in [9.17, 15) is 18.0 Å². The largest absolute Gasteiger partial charge is 0.449 e. The highest BCUT2D eigenvalue weighted by Crippen LogP contribution is 2.15. The summed E-state index contributed by atoms with van der Waals surface area (Å²) < 4.78 is 31.5. The smallest absolute Gasteiger partial charge is 0.331 e. The van der Waals surface area contributed by atoms with Gasteiger partial charge in [0.15, 0.2) is 6.10 Å². The summed E-state index contributed by atoms with van der Waals surface area (Å²) in [5.41, 5.74) is 0.394. The summed E-state index contributed by atoms with van der Waals surface area (Å²) in [6.45, 7) is 6.70. The predicted molar refractivity (Wildman–Crippen MR) is 100 cm³/mol. The van der Waals surface area contributed by atoms with Crippen molar-refractivity contribution in [1.82, 2.24) is 4.72 Å². The maximum atomic E-state index is 12.0. The number of hydrogen-bond donors (Lipinski definition) is 2. The Kier molecular flexibility index (Phi) is 8.21. The average molecular weight is 380 g/mol. The highest BCUT2D eigenvalue weighted by Gasteiger charge is 2.18. The Bertz CT molecular complexity index is 780. The number of anilines is 1. The van der Waals surface area contributed by atoms with Gasteiger partial charge in [0.1, 0.15) is 0 Å². The van der Waals surface area contributed by atoms with Crippen molar-refractivity contribution in [1.29, 1.82) is 0 Å². The van der Waals surface area contributed by atoms with Crippen molar-refractivity contribution in [2.45, 2.75) is 44.7 Å². The van der Waals surface area contributed by atoms with Crippen LogP contribution in [0, 0.1) is 0 Å². The predicted octanol–water partition coefficient (Wildman–Crippen LogP) is 2.38. The van der Waals surface area contributed by atoms with Crippen LogP contribution in [-0.4, -0.2) is 32.4 Å². The van der Waals surface area contributed by atoms with Gasteiger partial charge in [0.25, 0.3) is 5.91 Å². The standard InChI is InChI=1S/C18H24N2O5S/c1-5-6-7-8-17(21)25-14(4)18(22)19-15-9-11-16(12-10-15)26(23,24)20-13(2)3/h5-14,20H,1-4H3,(H,19,22)/b6-5+,8-7+/t14-/m0/s1. The summed E-state index contributed by atoms with van der Waals surface area (Å²) >= 11 is 0. The summed E-state index contributed by atoms with van der Waals surface area (Å²) in [5.74, 6) is -1.15. The minimum absolute atomic E-state index is 0.0952. The Hall–Kier alpha value is -2.45. The zero-order chi connectivity index (χ0) is 19.7. The molecule has 1 atom stereocenters. The van der Waals surface area contributed by atoms with Gasteiger partial charge in [-0.2, -0.15) is 0 Å². The Morgan fingerprint density at radius 1 is 1.08 bits per heavy atom. The molecule has 0 spiro atoms. The molecular formula is C18H24N2O5S. The molecule has 142 valence electrons. The minimum atomic E-state index is -3.59. The van der Waals surface area contributed by atoms with E-state index in [1.54, 1.807) is 32.9 Å². The number of ether oxygens (including phenoxy) is 1. The zero-order valence-corrected chi connectivity index (χ0v) is 16.0. The van der Waals surface area contributed by atoms with E-state index < -0.39 is 28.0 Å². The van der Waals surface area contributed by atoms with Crippen LogP contribution in [0.15, 0.2) is 53.5 Å². The van der Waals surface area contributed by atoms with E-state index >= 15 is 0 Å². The SMILES string of the molecule is C/C=C/C=C/C(=O)O[C@@H](C)C(=O)Nc1ccc(S(=O)(=O)NC(C)C)cc1. The van der Waals surface area contributed by atoms with Crippen molar-refractivity contribution in [3.8, 4) is 0 Å². The van der Waals surface area contributed by atoms with Gasteiger partial charge in [-0.05, 0) is 52.0 Å². The third-order valence-corrected chi connectivity index (χ3v) is 4.70. The van der Waals surface area contributed by atoms with Crippen molar-refractivity contribution in [2.75, 3.05) is 5.32 Å². The average Bonchev–Trinajstić information content (AvgIpc) is 2.54. The molecular weight excluding hydrogens is 356 g/mol. The second-order valence-electron chi connectivity index (χ2n) is 5.75. The number of hydrogen-bond acceptors (Lipinski definition) is 5. The number of benzene rings is 1. The maximum Gasteiger partial charge on any atom is 0.331 e. The van der Waals surface area contributed by atoms with Crippen LogP contribution in [0.2, 0.25) is 0 Å². The molecule has 0 aromatic heterocycles. The molecule has 7 nitrogen and oxygen atoms in total. The van der Waals surface area contributed by atoms with Crippen LogP contribution in [-0.2, 0) is 24.3 Å². The highest BCUT2D eigenvalue weighted by molar-refractivity contribution is 7.89. The molecule has 0 aliphatic rings. The van der Waals surface area contributed by atoms with Crippen LogP contribution < -0.4 is 10.0 Å². The van der Waals surface area contributed by atoms with Gasteiger partial charge in [-0.3, -0.25) is 4.79 Å². The lowest BCUT2D eigenvalue weighted by atomic mass is 10.3. The lowest BCUT2D eigenvalue weighted by Crippen LogP contribution is -2.30. The molecule has 1 aromatic carbocycles. The molecule has 2 N–H and O–H groups in total. The second kappa shape index (κ2) is 9.88. The van der Waals surface area contributed by atoms with Crippen LogP contribution in [0.1, 0.15) is 27.7 Å². The molecule has 1 rings (SSSR count). The molecule has 0 aliphatic heterocycles. The van der Waals surface area contributed by atoms with Gasteiger partial charge in [0.2, 0.25) is 10.0 Å². The van der Waals surface area contributed by atoms with Crippen molar-refractivity contribution < 1.29 is 22.7 Å². The van der Waals surface area contributed by atoms with Crippen molar-refractivity contribution >= 4 is 27.6 Å². The zero-order valence-electron chi connectivity index (χ0n) is 15.2. The summed E-state index contributed by atoms with van der Waals surface area (Å²) in [5, 5.41) is 2.56. The first kappa shape index (κ1) is 21.6. The van der Waals surface area contributed by atoms with Crippen molar-refractivity contribution in [2.24, 2.45) is 0 Å². The fraction of sp³-hybridized carbons (Fsp3) is 0.333. The molecule has 0 unspecified atom stereocenters. The Balaban J connectivity index is 2.68. The molecule has 0 saturated heterocycles. The van der Waals surface area contributed by atoms with Gasteiger partial charge < -0.3 is 10.1 Å². The van der Waals surface area contributed by atoms with Gasteiger partial charge in [-0.1, -0.05) is 18.2 Å². The lowest BCUT2D eigenvalue weighted by molar-refractivity contribution is -0.148. The molecule has 0 heterocycles. The number of sulfonamides is 1. The molecule has 0 bridgehead atoms. The molecule has 0 aliphatic carbocycles. The molecule has 0 radical (unpaired) electrons. The summed E-state index contributed by atoms with van der Waals surface area (Å²) in [4.78, 5) is 23.7. The topological polar surface area (TPSA) is 102 Å². The van der Waals surface area contributed by atoms with Gasteiger partial charge in [0.05, 0.1) is 4.90 Å². The van der Waals surface area contributed by atoms with E-state index in [4.69, 9.17) is 4.74 Å². The van der Waals surface area contributed by atoms with E-state index in [2.05, 4.69) is 10.0 Å². The minimum Gasteiger partial charge on any atom is -0.449 e. The van der Waals surface area contributed by atoms with Crippen LogP contribution >= 0.6 is 0 Å². The fourth-order valence-corrected chi connectivity index (χ4v) is 3.10. The number of allylic oxidation sites excluding steroid dienone is 3. The summed E-state index contributed by atoms with van der Waals surface area (Å²) in [6.07, 6.45) is 5.14. The Morgan fingerprint density at radius 3 is 2.23 bits per heavy atom. The fourth-order valence-electron chi connectivity index (χ4n) is 1.85. The first-order valence-electron chi connectivity index (χ1n) is 8.09. The van der Waals surface area contributed by atoms with E-state index in [1.165, 1.54) is 43.3 Å². The quantitative estimate of drug-likeness (QED) is 0.410. The summed E-state index contributed by atoms with van der Waals surface area (Å²) in [6, 6.07) is 5.48. The number of carbonyl (C=O) groups excluding carboxylic acids is 2. The van der Waals surface area contributed by atoms with E-state index in [0.29, 0.717) is 5.69 Å². The molecule has 0 saturated carbocycles. The number of rotatable bonds is 8. The second-order valence-corrected chi connectivity index (χ2v) is 7.47. The number of carbonyl (C=O) groups is 2. The van der Waals surface area contributed by atoms with Gasteiger partial charge in [-0.25, -0.2) is 17.9 Å². The number of amides is 1. The Morgan fingerprint density at radius 2 is 1.69 bits per heavy atom. The van der Waals surface area contributed by atoms with E-state index in [1.807, 2.05) is 0 Å². The van der Waals surface area contributed by atoms with Crippen molar-refractivity contribution in [3.05, 3.63) is 48.6 Å². The van der Waals surface area contributed by atoms with Gasteiger partial charge in [0, 0.05) is 17.8 Å². The first-order valence-corrected chi connectivity index (χ1v) is 9.57. The van der Waals surface area contributed by atoms with Gasteiger partial charge >= 0.3 is 5.97 Å². The van der Waals surface area contributed by atoms with Crippen LogP contribution in [0.5, 0.6) is 0 Å². The van der Waals surface area contributed by atoms with Crippen LogP contribution in [0.25, 0.3) is 0 Å². The normalized spacial score (nSPS) is 13.3. The number of nitrogens with one attached hydrogen (secondary N) is 2. The maximum absolute atomic E-state index is 12.0. The summed E-state index contributed by atoms with van der Waals surface area (Å²) in [7, 11) is -3.59. The van der Waals surface area contributed by atoms with Crippen LogP contribution in [0.4, 0.5) is 5.69 Å². The molecule has 8 heteroatoms. The third-order valence-electron chi connectivity index (χ3n) is 3.02. The van der Waals surface area contributed by atoms with Gasteiger partial charge in [-0.15, -0.1) is 0 Å². The molecule has 0 fully saturated rings. The van der Waals surface area contributed by atoms with E-state index in [0.717, 1.165) is 0 Å². The number of esters is 1. The van der Waals surface area contributed by atoms with Crippen LogP contribution in [0.3, 0.4) is 0 Å². The molecule has 1 amide bonds. The monoisotopic (exact) mass is 380 g/mol. The molecule has 1 aromatic rings. The molecule has 26 heavy (non-hydrogen) atoms. The first-order chi connectivity index (χ1) is 12.2. The highest BCUT2D eigenvalue weighted by atomic mass is 32.2. The third kappa shape index (κ3) is 7.20. The van der Waals surface area contributed by atoms with E-state index in [-0.39, 0.29) is 10.9 Å². The Labute approximate surface area is 154 Å². The lowest BCUT2D eigenvalue weighted by Gasteiger charge is -2.13.